The van der Waals surface area contributed by atoms with Crippen LogP contribution in [0.4, 0.5) is 0 Å². The van der Waals surface area contributed by atoms with Gasteiger partial charge in [-0.05, 0) is 23.6 Å². The highest BCUT2D eigenvalue weighted by atomic mass is 35.5. The lowest BCUT2D eigenvalue weighted by Crippen LogP contribution is -2.34. The number of hydrogen-bond acceptors (Lipinski definition) is 2. The maximum Gasteiger partial charge on any atom is 0.221 e. The Morgan fingerprint density at radius 3 is 2.47 bits per heavy atom. The highest BCUT2D eigenvalue weighted by Crippen LogP contribution is 2.09. The van der Waals surface area contributed by atoms with Crippen LogP contribution in [0, 0.1) is 5.92 Å². The molecule has 0 saturated carbocycles. The van der Waals surface area contributed by atoms with E-state index in [1.54, 1.807) is 0 Å². The molecule has 0 aliphatic rings. The fraction of sp³-hybridized carbons (Fsp3) is 0.462. The first-order valence-corrected chi connectivity index (χ1v) is 6.13. The number of carbonyl (C=O) groups excluding carboxylic acids is 1. The Labute approximate surface area is 107 Å². The molecule has 0 saturated heterocycles. The van der Waals surface area contributed by atoms with Gasteiger partial charge in [-0.3, -0.25) is 4.79 Å². The quantitative estimate of drug-likeness (QED) is 0.847. The van der Waals surface area contributed by atoms with Crippen molar-refractivity contribution >= 4 is 17.5 Å². The van der Waals surface area contributed by atoms with Crippen LogP contribution in [0.15, 0.2) is 24.3 Å². The predicted molar refractivity (Wildman–Crippen MR) is 70.7 cm³/mol. The van der Waals surface area contributed by atoms with Crippen LogP contribution in [-0.4, -0.2) is 11.9 Å². The summed E-state index contributed by atoms with van der Waals surface area (Å²) < 4.78 is 0. The molecule has 0 fully saturated rings. The summed E-state index contributed by atoms with van der Waals surface area (Å²) in [6, 6.07) is 7.32. The SMILES string of the molecule is CC(C)C(N)CC(=O)NCc1ccc(Cl)cc1. The molecule has 0 aliphatic carbocycles. The largest absolute Gasteiger partial charge is 0.352 e. The Morgan fingerprint density at radius 1 is 1.35 bits per heavy atom. The first kappa shape index (κ1) is 14.0. The van der Waals surface area contributed by atoms with Gasteiger partial charge in [0, 0.05) is 24.0 Å². The van der Waals surface area contributed by atoms with Crippen LogP contribution in [0.1, 0.15) is 25.8 Å². The average Bonchev–Trinajstić information content (AvgIpc) is 2.28. The summed E-state index contributed by atoms with van der Waals surface area (Å²) in [5, 5.41) is 3.54. The van der Waals surface area contributed by atoms with Crippen molar-refractivity contribution in [2.45, 2.75) is 32.9 Å². The maximum atomic E-state index is 11.6. The van der Waals surface area contributed by atoms with E-state index >= 15 is 0 Å². The summed E-state index contributed by atoms with van der Waals surface area (Å²) in [5.41, 5.74) is 6.86. The number of hydrogen-bond donors (Lipinski definition) is 2. The molecule has 0 heterocycles. The Morgan fingerprint density at radius 2 is 1.94 bits per heavy atom. The molecule has 3 nitrogen and oxygen atoms in total. The van der Waals surface area contributed by atoms with Crippen LogP contribution in [0.25, 0.3) is 0 Å². The van der Waals surface area contributed by atoms with Crippen molar-refractivity contribution in [1.82, 2.24) is 5.32 Å². The van der Waals surface area contributed by atoms with Gasteiger partial charge in [0.25, 0.3) is 0 Å². The Balaban J connectivity index is 2.35. The molecule has 1 aromatic rings. The van der Waals surface area contributed by atoms with Crippen molar-refractivity contribution in [3.8, 4) is 0 Å². The molecule has 0 aromatic heterocycles. The number of nitrogens with two attached hydrogens (primary N) is 1. The van der Waals surface area contributed by atoms with Crippen LogP contribution in [0.5, 0.6) is 0 Å². The van der Waals surface area contributed by atoms with Gasteiger partial charge in [-0.1, -0.05) is 37.6 Å². The monoisotopic (exact) mass is 254 g/mol. The molecule has 1 atom stereocenters. The number of carbonyl (C=O) groups is 1. The number of rotatable bonds is 5. The van der Waals surface area contributed by atoms with E-state index < -0.39 is 0 Å². The van der Waals surface area contributed by atoms with Gasteiger partial charge >= 0.3 is 0 Å². The maximum absolute atomic E-state index is 11.6. The van der Waals surface area contributed by atoms with Crippen LogP contribution in [0.3, 0.4) is 0 Å². The molecule has 4 heteroatoms. The van der Waals surface area contributed by atoms with Crippen LogP contribution >= 0.6 is 11.6 Å². The lowest BCUT2D eigenvalue weighted by atomic mass is 10.0. The van der Waals surface area contributed by atoms with E-state index in [0.29, 0.717) is 23.9 Å². The Bertz CT molecular complexity index is 362. The van der Waals surface area contributed by atoms with Crippen molar-refractivity contribution in [3.05, 3.63) is 34.9 Å². The van der Waals surface area contributed by atoms with Gasteiger partial charge in [0.05, 0.1) is 0 Å². The Hall–Kier alpha value is -1.06. The van der Waals surface area contributed by atoms with Crippen molar-refractivity contribution < 1.29 is 4.79 Å². The minimum absolute atomic E-state index is 0.0128. The van der Waals surface area contributed by atoms with E-state index in [1.807, 2.05) is 38.1 Å². The molecule has 0 bridgehead atoms. The molecule has 17 heavy (non-hydrogen) atoms. The molecule has 1 aromatic carbocycles. The van der Waals surface area contributed by atoms with Crippen molar-refractivity contribution in [2.75, 3.05) is 0 Å². The second-order valence-electron chi connectivity index (χ2n) is 4.52. The van der Waals surface area contributed by atoms with Gasteiger partial charge in [0.1, 0.15) is 0 Å². The summed E-state index contributed by atoms with van der Waals surface area (Å²) in [5.74, 6) is 0.303. The summed E-state index contributed by atoms with van der Waals surface area (Å²) in [7, 11) is 0. The van der Waals surface area contributed by atoms with Crippen molar-refractivity contribution in [3.63, 3.8) is 0 Å². The smallest absolute Gasteiger partial charge is 0.221 e. The number of halogens is 1. The predicted octanol–water partition coefficient (Wildman–Crippen LogP) is 2.33. The first-order valence-electron chi connectivity index (χ1n) is 5.75. The third-order valence-electron chi connectivity index (χ3n) is 2.68. The topological polar surface area (TPSA) is 55.1 Å². The average molecular weight is 255 g/mol. The lowest BCUT2D eigenvalue weighted by Gasteiger charge is -2.15. The van der Waals surface area contributed by atoms with Crippen LogP contribution < -0.4 is 11.1 Å². The van der Waals surface area contributed by atoms with E-state index in [0.717, 1.165) is 5.56 Å². The van der Waals surface area contributed by atoms with Crippen LogP contribution in [-0.2, 0) is 11.3 Å². The third kappa shape index (κ3) is 5.20. The fourth-order valence-electron chi connectivity index (χ4n) is 1.32. The number of nitrogens with one attached hydrogen (secondary N) is 1. The highest BCUT2D eigenvalue weighted by Gasteiger charge is 2.12. The number of amides is 1. The second kappa shape index (κ2) is 6.62. The van der Waals surface area contributed by atoms with Crippen molar-refractivity contribution in [1.29, 1.82) is 0 Å². The zero-order valence-corrected chi connectivity index (χ0v) is 11.0. The highest BCUT2D eigenvalue weighted by molar-refractivity contribution is 6.30. The normalized spacial score (nSPS) is 12.5. The van der Waals surface area contributed by atoms with Gasteiger partial charge in [0.15, 0.2) is 0 Å². The standard InChI is InChI=1S/C13H19ClN2O/c1-9(2)12(15)7-13(17)16-8-10-3-5-11(14)6-4-10/h3-6,9,12H,7-8,15H2,1-2H3,(H,16,17). The summed E-state index contributed by atoms with van der Waals surface area (Å²) in [6.45, 7) is 4.54. The van der Waals surface area contributed by atoms with E-state index in [2.05, 4.69) is 5.32 Å². The molecule has 0 radical (unpaired) electrons. The molecule has 3 N–H and O–H groups in total. The van der Waals surface area contributed by atoms with Gasteiger partial charge < -0.3 is 11.1 Å². The van der Waals surface area contributed by atoms with Gasteiger partial charge in [-0.2, -0.15) is 0 Å². The van der Waals surface area contributed by atoms with Crippen molar-refractivity contribution in [2.24, 2.45) is 11.7 Å². The molecule has 0 spiro atoms. The zero-order chi connectivity index (χ0) is 12.8. The summed E-state index contributed by atoms with van der Waals surface area (Å²) >= 11 is 5.77. The molecule has 94 valence electrons. The molecule has 0 aliphatic heterocycles. The van der Waals surface area contributed by atoms with Gasteiger partial charge in [-0.15, -0.1) is 0 Å². The summed E-state index contributed by atoms with van der Waals surface area (Å²) in [6.07, 6.45) is 0.366. The van der Waals surface area contributed by atoms with E-state index in [1.165, 1.54) is 0 Å². The fourth-order valence-corrected chi connectivity index (χ4v) is 1.45. The molecular formula is C13H19ClN2O. The van der Waals surface area contributed by atoms with Gasteiger partial charge in [0.2, 0.25) is 5.91 Å². The summed E-state index contributed by atoms with van der Waals surface area (Å²) in [4.78, 5) is 11.6. The second-order valence-corrected chi connectivity index (χ2v) is 4.95. The van der Waals surface area contributed by atoms with Gasteiger partial charge in [-0.25, -0.2) is 0 Å². The minimum Gasteiger partial charge on any atom is -0.352 e. The van der Waals surface area contributed by atoms with E-state index in [4.69, 9.17) is 17.3 Å². The minimum atomic E-state index is -0.0831. The molecule has 1 amide bonds. The van der Waals surface area contributed by atoms with E-state index in [-0.39, 0.29) is 11.9 Å². The number of benzene rings is 1. The molecule has 1 unspecified atom stereocenters. The first-order chi connectivity index (χ1) is 7.99. The third-order valence-corrected chi connectivity index (χ3v) is 2.93. The molecule has 1 rings (SSSR count). The lowest BCUT2D eigenvalue weighted by molar-refractivity contribution is -0.121. The molecular weight excluding hydrogens is 236 g/mol. The zero-order valence-electron chi connectivity index (χ0n) is 10.2. The van der Waals surface area contributed by atoms with Crippen LogP contribution in [0.2, 0.25) is 5.02 Å². The van der Waals surface area contributed by atoms with E-state index in [9.17, 15) is 4.79 Å². The Kier molecular flexibility index (Phi) is 5.45.